The third-order valence-corrected chi connectivity index (χ3v) is 5.65. The van der Waals surface area contributed by atoms with E-state index in [0.717, 1.165) is 5.56 Å². The highest BCUT2D eigenvalue weighted by molar-refractivity contribution is 6.21. The summed E-state index contributed by atoms with van der Waals surface area (Å²) in [6, 6.07) is 25.7. The van der Waals surface area contributed by atoms with E-state index >= 15 is 0 Å². The molecule has 0 aliphatic carbocycles. The number of nitrogens with zero attached hydrogens (tertiary/aromatic N) is 2. The van der Waals surface area contributed by atoms with E-state index in [1.54, 1.807) is 54.4 Å². The minimum absolute atomic E-state index is 0.0862. The molecular formula is C27H24N2O3. The summed E-state index contributed by atoms with van der Waals surface area (Å²) in [5.74, 6) is -0.663. The van der Waals surface area contributed by atoms with E-state index in [0.29, 0.717) is 23.1 Å². The molecule has 3 aromatic rings. The van der Waals surface area contributed by atoms with E-state index in [-0.39, 0.29) is 30.3 Å². The fourth-order valence-electron chi connectivity index (χ4n) is 3.85. The minimum Gasteiger partial charge on any atom is -0.335 e. The monoisotopic (exact) mass is 424 g/mol. The lowest BCUT2D eigenvalue weighted by atomic mass is 10.0. The van der Waals surface area contributed by atoms with Crippen molar-refractivity contribution in [3.05, 3.63) is 119 Å². The normalized spacial score (nSPS) is 14.0. The van der Waals surface area contributed by atoms with Gasteiger partial charge >= 0.3 is 0 Å². The second-order valence-electron chi connectivity index (χ2n) is 7.73. The highest BCUT2D eigenvalue weighted by atomic mass is 16.2. The van der Waals surface area contributed by atoms with Crippen molar-refractivity contribution in [3.63, 3.8) is 0 Å². The van der Waals surface area contributed by atoms with Crippen LogP contribution < -0.4 is 0 Å². The fraction of sp³-hybridized carbons (Fsp3) is 0.148. The molecular weight excluding hydrogens is 400 g/mol. The van der Waals surface area contributed by atoms with Crippen molar-refractivity contribution in [2.45, 2.75) is 12.5 Å². The molecule has 0 N–H and O–H groups in total. The van der Waals surface area contributed by atoms with Crippen molar-refractivity contribution in [3.8, 4) is 0 Å². The van der Waals surface area contributed by atoms with Crippen molar-refractivity contribution in [2.75, 3.05) is 13.6 Å². The van der Waals surface area contributed by atoms with E-state index in [2.05, 4.69) is 0 Å². The first-order valence-corrected chi connectivity index (χ1v) is 10.5. The fourth-order valence-corrected chi connectivity index (χ4v) is 3.85. The summed E-state index contributed by atoms with van der Waals surface area (Å²) in [6.07, 6.45) is 4.32. The molecule has 0 unspecified atom stereocenters. The third-order valence-electron chi connectivity index (χ3n) is 5.65. The molecule has 0 fully saturated rings. The van der Waals surface area contributed by atoms with Crippen LogP contribution in [0.2, 0.25) is 0 Å². The molecule has 1 heterocycles. The Bertz CT molecular complexity index is 1120. The summed E-state index contributed by atoms with van der Waals surface area (Å²) >= 11 is 0. The van der Waals surface area contributed by atoms with Crippen LogP contribution in [0, 0.1) is 0 Å². The van der Waals surface area contributed by atoms with E-state index in [4.69, 9.17) is 0 Å². The zero-order valence-electron chi connectivity index (χ0n) is 17.8. The summed E-state index contributed by atoms with van der Waals surface area (Å²) in [6.45, 7) is 0.158. The maximum atomic E-state index is 13.0. The Morgan fingerprint density at radius 3 is 1.97 bits per heavy atom. The average molecular weight is 425 g/mol. The zero-order chi connectivity index (χ0) is 22.5. The van der Waals surface area contributed by atoms with Crippen LogP contribution in [-0.4, -0.2) is 47.2 Å². The summed E-state index contributed by atoms with van der Waals surface area (Å²) in [4.78, 5) is 41.2. The lowest BCUT2D eigenvalue weighted by Crippen LogP contribution is -2.37. The molecule has 0 aromatic heterocycles. The van der Waals surface area contributed by atoms with Gasteiger partial charge < -0.3 is 4.90 Å². The number of benzene rings is 3. The number of imide groups is 1. The third kappa shape index (κ3) is 4.37. The lowest BCUT2D eigenvalue weighted by molar-refractivity contribution is 0.0668. The first-order chi connectivity index (χ1) is 15.6. The Morgan fingerprint density at radius 2 is 1.38 bits per heavy atom. The van der Waals surface area contributed by atoms with Gasteiger partial charge in [0.05, 0.1) is 17.2 Å². The van der Waals surface area contributed by atoms with Crippen LogP contribution in [0.15, 0.2) is 97.1 Å². The van der Waals surface area contributed by atoms with Crippen LogP contribution in [0.4, 0.5) is 0 Å². The van der Waals surface area contributed by atoms with Gasteiger partial charge in [-0.1, -0.05) is 72.8 Å². The Balaban J connectivity index is 1.53. The summed E-state index contributed by atoms with van der Waals surface area (Å²) < 4.78 is 0. The summed E-state index contributed by atoms with van der Waals surface area (Å²) in [5.41, 5.74) is 2.57. The molecule has 160 valence electrons. The van der Waals surface area contributed by atoms with Crippen LogP contribution in [-0.2, 0) is 6.42 Å². The van der Waals surface area contributed by atoms with Gasteiger partial charge in [-0.2, -0.15) is 0 Å². The van der Waals surface area contributed by atoms with Gasteiger partial charge in [-0.15, -0.1) is 0 Å². The smallest absolute Gasteiger partial charge is 0.261 e. The molecule has 3 amide bonds. The first kappa shape index (κ1) is 21.2. The average Bonchev–Trinajstić information content (AvgIpc) is 3.08. The molecule has 32 heavy (non-hydrogen) atoms. The predicted octanol–water partition coefficient (Wildman–Crippen LogP) is 4.22. The number of carbonyl (C=O) groups is 3. The summed E-state index contributed by atoms with van der Waals surface area (Å²) in [5, 5.41) is 0. The van der Waals surface area contributed by atoms with Crippen LogP contribution in [0.5, 0.6) is 0 Å². The SMILES string of the molecule is CN(C(=O)c1ccccc1)[C@H](/C=C/CN1C(=O)c2ccccc2C1=O)Cc1ccccc1. The predicted molar refractivity (Wildman–Crippen MR) is 123 cm³/mol. The Kier molecular flexibility index (Phi) is 6.26. The standard InChI is InChI=1S/C27H24N2O3/c1-28(25(30)21-13-6-3-7-14-21)22(19-20-11-4-2-5-12-20)15-10-18-29-26(31)23-16-8-9-17-24(23)27(29)32/h2-17,22H,18-19H2,1H3/b15-10+/t22-/m1/s1. The highest BCUT2D eigenvalue weighted by Crippen LogP contribution is 2.22. The second kappa shape index (κ2) is 9.43. The molecule has 5 heteroatoms. The van der Waals surface area contributed by atoms with E-state index in [1.807, 2.05) is 54.6 Å². The number of likely N-dealkylation sites (N-methyl/N-ethyl adjacent to an activating group) is 1. The van der Waals surface area contributed by atoms with Gasteiger partial charge in [0.1, 0.15) is 0 Å². The van der Waals surface area contributed by atoms with Gasteiger partial charge in [0.2, 0.25) is 0 Å². The Labute approximate surface area is 187 Å². The number of rotatable bonds is 7. The summed E-state index contributed by atoms with van der Waals surface area (Å²) in [7, 11) is 1.77. The number of hydrogen-bond acceptors (Lipinski definition) is 3. The zero-order valence-corrected chi connectivity index (χ0v) is 17.8. The van der Waals surface area contributed by atoms with Crippen LogP contribution in [0.3, 0.4) is 0 Å². The lowest BCUT2D eigenvalue weighted by Gasteiger charge is -2.26. The van der Waals surface area contributed by atoms with Crippen LogP contribution >= 0.6 is 0 Å². The van der Waals surface area contributed by atoms with Crippen LogP contribution in [0.1, 0.15) is 36.6 Å². The topological polar surface area (TPSA) is 57.7 Å². The Hall–Kier alpha value is -3.99. The second-order valence-corrected chi connectivity index (χ2v) is 7.73. The van der Waals surface area contributed by atoms with Crippen molar-refractivity contribution in [1.29, 1.82) is 0 Å². The molecule has 1 aliphatic rings. The number of carbonyl (C=O) groups excluding carboxylic acids is 3. The van der Waals surface area contributed by atoms with Crippen molar-refractivity contribution < 1.29 is 14.4 Å². The number of hydrogen-bond donors (Lipinski definition) is 0. The molecule has 3 aromatic carbocycles. The highest BCUT2D eigenvalue weighted by Gasteiger charge is 2.34. The van der Waals surface area contributed by atoms with Crippen LogP contribution in [0.25, 0.3) is 0 Å². The van der Waals surface area contributed by atoms with Gasteiger partial charge in [0.15, 0.2) is 0 Å². The molecule has 0 spiro atoms. The molecule has 5 nitrogen and oxygen atoms in total. The van der Waals surface area contributed by atoms with Gasteiger partial charge in [0.25, 0.3) is 17.7 Å². The molecule has 1 atom stereocenters. The van der Waals surface area contributed by atoms with Crippen molar-refractivity contribution in [1.82, 2.24) is 9.80 Å². The van der Waals surface area contributed by atoms with Gasteiger partial charge in [0, 0.05) is 19.2 Å². The van der Waals surface area contributed by atoms with E-state index in [1.165, 1.54) is 4.90 Å². The van der Waals surface area contributed by atoms with E-state index in [9.17, 15) is 14.4 Å². The number of amides is 3. The minimum atomic E-state index is -0.288. The van der Waals surface area contributed by atoms with E-state index < -0.39 is 0 Å². The molecule has 0 saturated heterocycles. The largest absolute Gasteiger partial charge is 0.335 e. The maximum Gasteiger partial charge on any atom is 0.261 e. The van der Waals surface area contributed by atoms with Crippen molar-refractivity contribution in [2.24, 2.45) is 0 Å². The maximum absolute atomic E-state index is 13.0. The van der Waals surface area contributed by atoms with Gasteiger partial charge in [-0.05, 0) is 36.2 Å². The molecule has 0 bridgehead atoms. The number of fused-ring (bicyclic) bond motifs is 1. The van der Waals surface area contributed by atoms with Gasteiger partial charge in [-0.25, -0.2) is 0 Å². The molecule has 0 saturated carbocycles. The Morgan fingerprint density at radius 1 is 0.844 bits per heavy atom. The van der Waals surface area contributed by atoms with Gasteiger partial charge in [-0.3, -0.25) is 19.3 Å². The molecule has 0 radical (unpaired) electrons. The molecule has 1 aliphatic heterocycles. The first-order valence-electron chi connectivity index (χ1n) is 10.5. The van der Waals surface area contributed by atoms with Crippen molar-refractivity contribution >= 4 is 17.7 Å². The molecule has 4 rings (SSSR count). The quantitative estimate of drug-likeness (QED) is 0.421.